The van der Waals surface area contributed by atoms with E-state index in [4.69, 9.17) is 0 Å². The van der Waals surface area contributed by atoms with Gasteiger partial charge in [-0.3, -0.25) is 4.79 Å². The number of hydrogen-bond acceptors (Lipinski definition) is 2. The molecule has 1 aliphatic rings. The van der Waals surface area contributed by atoms with Crippen LogP contribution in [0.3, 0.4) is 0 Å². The summed E-state index contributed by atoms with van der Waals surface area (Å²) < 4.78 is 36.5. The number of halogens is 3. The topological polar surface area (TPSA) is 29.1 Å². The van der Waals surface area contributed by atoms with Crippen LogP contribution >= 0.6 is 11.8 Å². The molecule has 0 aromatic heterocycles. The third-order valence-corrected chi connectivity index (χ3v) is 3.92. The quantitative estimate of drug-likeness (QED) is 0.674. The first-order chi connectivity index (χ1) is 8.45. The van der Waals surface area contributed by atoms with E-state index in [-0.39, 0.29) is 22.2 Å². The summed E-state index contributed by atoms with van der Waals surface area (Å²) in [6, 6.07) is 6.20. The molecule has 0 spiro atoms. The molecule has 1 N–H and O–H groups in total. The number of carbonyl (C=O) groups is 1. The molecule has 0 atom stereocenters. The highest BCUT2D eigenvalue weighted by molar-refractivity contribution is 8.00. The van der Waals surface area contributed by atoms with Gasteiger partial charge in [-0.25, -0.2) is 0 Å². The summed E-state index contributed by atoms with van der Waals surface area (Å²) in [6.07, 6.45) is 3.33. The number of amides is 1. The summed E-state index contributed by atoms with van der Waals surface area (Å²) in [6.45, 7) is 0. The largest absolute Gasteiger partial charge is 0.446 e. The molecule has 98 valence electrons. The zero-order chi connectivity index (χ0) is 13.2. The highest BCUT2D eigenvalue weighted by Crippen LogP contribution is 2.42. The summed E-state index contributed by atoms with van der Waals surface area (Å²) >= 11 is -0.131. The van der Waals surface area contributed by atoms with Gasteiger partial charge in [0.2, 0.25) is 6.41 Å². The molecule has 6 heteroatoms. The first kappa shape index (κ1) is 13.3. The molecule has 2 nitrogen and oxygen atoms in total. The van der Waals surface area contributed by atoms with Gasteiger partial charge in [-0.05, 0) is 48.7 Å². The van der Waals surface area contributed by atoms with Crippen molar-refractivity contribution < 1.29 is 18.0 Å². The van der Waals surface area contributed by atoms with Crippen LogP contribution in [0.15, 0.2) is 29.2 Å². The van der Waals surface area contributed by atoms with Crippen molar-refractivity contribution in [2.75, 3.05) is 0 Å². The van der Waals surface area contributed by atoms with E-state index in [1.54, 1.807) is 12.1 Å². The Morgan fingerprint density at radius 2 is 1.83 bits per heavy atom. The summed E-state index contributed by atoms with van der Waals surface area (Å²) in [7, 11) is 0. The van der Waals surface area contributed by atoms with Gasteiger partial charge < -0.3 is 5.32 Å². The summed E-state index contributed by atoms with van der Waals surface area (Å²) in [5.41, 5.74) is -3.77. The van der Waals surface area contributed by atoms with E-state index in [1.165, 1.54) is 12.1 Å². The van der Waals surface area contributed by atoms with Gasteiger partial charge in [0.25, 0.3) is 0 Å². The number of hydrogen-bond donors (Lipinski definition) is 1. The van der Waals surface area contributed by atoms with E-state index in [0.29, 0.717) is 6.41 Å². The fourth-order valence-corrected chi connectivity index (χ4v) is 2.67. The number of carbonyl (C=O) groups excluding carboxylic acids is 1. The van der Waals surface area contributed by atoms with E-state index in [2.05, 4.69) is 5.32 Å². The standard InChI is InChI=1S/C12H12F3NOS/c13-12(14,15)18-10-4-2-9(3-5-10)11(16-8-17)6-1-7-11/h2-5,8H,1,6-7H2,(H,16,17). The van der Waals surface area contributed by atoms with Crippen molar-refractivity contribution in [3.05, 3.63) is 29.8 Å². The van der Waals surface area contributed by atoms with Crippen molar-refractivity contribution in [2.24, 2.45) is 0 Å². The Bertz CT molecular complexity index is 426. The third-order valence-electron chi connectivity index (χ3n) is 3.18. The van der Waals surface area contributed by atoms with E-state index >= 15 is 0 Å². The first-order valence-corrected chi connectivity index (χ1v) is 6.34. The maximum Gasteiger partial charge on any atom is 0.446 e. The van der Waals surface area contributed by atoms with Crippen LogP contribution in [0, 0.1) is 0 Å². The fourth-order valence-electron chi connectivity index (χ4n) is 2.14. The molecule has 1 aromatic carbocycles. The summed E-state index contributed by atoms with van der Waals surface area (Å²) in [4.78, 5) is 10.7. The lowest BCUT2D eigenvalue weighted by Crippen LogP contribution is -2.47. The first-order valence-electron chi connectivity index (χ1n) is 5.53. The van der Waals surface area contributed by atoms with Crippen LogP contribution in [0.5, 0.6) is 0 Å². The van der Waals surface area contributed by atoms with Gasteiger partial charge in [0.15, 0.2) is 0 Å². The molecule has 0 aliphatic heterocycles. The van der Waals surface area contributed by atoms with E-state index in [1.807, 2.05) is 0 Å². The van der Waals surface area contributed by atoms with Gasteiger partial charge in [-0.1, -0.05) is 12.1 Å². The van der Waals surface area contributed by atoms with Gasteiger partial charge in [0.1, 0.15) is 0 Å². The number of benzene rings is 1. The van der Waals surface area contributed by atoms with Crippen molar-refractivity contribution in [3.8, 4) is 0 Å². The summed E-state index contributed by atoms with van der Waals surface area (Å²) in [5, 5.41) is 2.77. The smallest absolute Gasteiger partial charge is 0.349 e. The minimum Gasteiger partial charge on any atom is -0.349 e. The van der Waals surface area contributed by atoms with Gasteiger partial charge in [0.05, 0.1) is 5.54 Å². The lowest BCUT2D eigenvalue weighted by Gasteiger charge is -2.42. The van der Waals surface area contributed by atoms with E-state index in [9.17, 15) is 18.0 Å². The van der Waals surface area contributed by atoms with Crippen molar-refractivity contribution in [2.45, 2.75) is 35.2 Å². The van der Waals surface area contributed by atoms with Crippen LogP contribution in [-0.4, -0.2) is 11.9 Å². The molecule has 0 heterocycles. The predicted molar refractivity (Wildman–Crippen MR) is 63.1 cm³/mol. The van der Waals surface area contributed by atoms with Crippen LogP contribution < -0.4 is 5.32 Å². The molecule has 1 amide bonds. The molecule has 18 heavy (non-hydrogen) atoms. The lowest BCUT2D eigenvalue weighted by atomic mass is 9.72. The molecular formula is C12H12F3NOS. The van der Waals surface area contributed by atoms with Crippen LogP contribution in [0.2, 0.25) is 0 Å². The second-order valence-corrected chi connectivity index (χ2v) is 5.41. The Labute approximate surface area is 107 Å². The van der Waals surface area contributed by atoms with Crippen molar-refractivity contribution >= 4 is 18.2 Å². The molecule has 0 saturated heterocycles. The van der Waals surface area contributed by atoms with Gasteiger partial charge in [0, 0.05) is 4.90 Å². The van der Waals surface area contributed by atoms with Crippen LogP contribution in [0.1, 0.15) is 24.8 Å². The van der Waals surface area contributed by atoms with Crippen molar-refractivity contribution in [1.29, 1.82) is 0 Å². The molecule has 1 saturated carbocycles. The Balaban J connectivity index is 2.14. The average molecular weight is 275 g/mol. The average Bonchev–Trinajstić information content (AvgIpc) is 2.23. The Hall–Kier alpha value is -1.17. The molecule has 2 rings (SSSR count). The number of alkyl halides is 3. The van der Waals surface area contributed by atoms with E-state index < -0.39 is 5.51 Å². The fraction of sp³-hybridized carbons (Fsp3) is 0.417. The van der Waals surface area contributed by atoms with Crippen molar-refractivity contribution in [3.63, 3.8) is 0 Å². The highest BCUT2D eigenvalue weighted by atomic mass is 32.2. The Kier molecular flexibility index (Phi) is 3.56. The SMILES string of the molecule is O=CNC1(c2ccc(SC(F)(F)F)cc2)CCC1. The predicted octanol–water partition coefficient (Wildman–Crippen LogP) is 3.42. The minimum atomic E-state index is -4.27. The van der Waals surface area contributed by atoms with E-state index in [0.717, 1.165) is 24.8 Å². The molecule has 0 unspecified atom stereocenters. The zero-order valence-electron chi connectivity index (χ0n) is 9.46. The molecule has 0 bridgehead atoms. The van der Waals surface area contributed by atoms with Crippen LogP contribution in [-0.2, 0) is 10.3 Å². The van der Waals surface area contributed by atoms with Gasteiger partial charge in [-0.15, -0.1) is 0 Å². The van der Waals surface area contributed by atoms with Crippen LogP contribution in [0.4, 0.5) is 13.2 Å². The van der Waals surface area contributed by atoms with Crippen molar-refractivity contribution in [1.82, 2.24) is 5.32 Å². The second-order valence-electron chi connectivity index (χ2n) is 4.27. The number of rotatable bonds is 4. The molecular weight excluding hydrogens is 263 g/mol. The Morgan fingerprint density at radius 3 is 2.22 bits per heavy atom. The third kappa shape index (κ3) is 2.80. The molecule has 1 aliphatic carbocycles. The molecule has 0 radical (unpaired) electrons. The monoisotopic (exact) mass is 275 g/mol. The minimum absolute atomic E-state index is 0.131. The number of nitrogens with one attached hydrogen (secondary N) is 1. The zero-order valence-corrected chi connectivity index (χ0v) is 10.3. The second kappa shape index (κ2) is 4.84. The summed E-state index contributed by atoms with van der Waals surface area (Å²) in [5.74, 6) is 0. The van der Waals surface area contributed by atoms with Gasteiger partial charge in [-0.2, -0.15) is 13.2 Å². The molecule has 1 fully saturated rings. The molecule has 1 aromatic rings. The van der Waals surface area contributed by atoms with Gasteiger partial charge >= 0.3 is 5.51 Å². The number of thioether (sulfide) groups is 1. The normalized spacial score (nSPS) is 17.9. The highest BCUT2D eigenvalue weighted by Gasteiger charge is 2.38. The maximum absolute atomic E-state index is 12.2. The maximum atomic E-state index is 12.2. The van der Waals surface area contributed by atoms with Crippen LogP contribution in [0.25, 0.3) is 0 Å². The lowest BCUT2D eigenvalue weighted by molar-refractivity contribution is -0.112. The Morgan fingerprint density at radius 1 is 1.22 bits per heavy atom.